The van der Waals surface area contributed by atoms with Crippen LogP contribution in [0.4, 0.5) is 5.69 Å². The fourth-order valence-electron chi connectivity index (χ4n) is 3.91. The predicted octanol–water partition coefficient (Wildman–Crippen LogP) is 3.70. The molecule has 1 heterocycles. The fraction of sp³-hybridized carbons (Fsp3) is 0.333. The van der Waals surface area contributed by atoms with E-state index in [-0.39, 0.29) is 11.9 Å². The van der Waals surface area contributed by atoms with Gasteiger partial charge in [0.25, 0.3) is 0 Å². The SMILES string of the molecule is Cn1c(-c2cccc(NC(=O)C[C@@H]3CCC[C@H]3N)c2)nc2ccccc21. The van der Waals surface area contributed by atoms with Crippen LogP contribution < -0.4 is 11.1 Å². The number of nitrogens with one attached hydrogen (secondary N) is 1. The highest BCUT2D eigenvalue weighted by atomic mass is 16.1. The highest BCUT2D eigenvalue weighted by Crippen LogP contribution is 2.28. The van der Waals surface area contributed by atoms with Gasteiger partial charge < -0.3 is 15.6 Å². The van der Waals surface area contributed by atoms with E-state index in [1.165, 1.54) is 0 Å². The molecule has 5 heteroatoms. The molecule has 3 aromatic rings. The molecule has 2 aromatic carbocycles. The molecule has 0 unspecified atom stereocenters. The minimum absolute atomic E-state index is 0.0366. The summed E-state index contributed by atoms with van der Waals surface area (Å²) in [4.78, 5) is 17.1. The summed E-state index contributed by atoms with van der Waals surface area (Å²) < 4.78 is 2.08. The third-order valence-corrected chi connectivity index (χ3v) is 5.36. The molecule has 0 aliphatic heterocycles. The zero-order valence-corrected chi connectivity index (χ0v) is 15.0. The van der Waals surface area contributed by atoms with Crippen LogP contribution in [0.1, 0.15) is 25.7 Å². The highest BCUT2D eigenvalue weighted by Gasteiger charge is 2.26. The molecule has 0 bridgehead atoms. The van der Waals surface area contributed by atoms with Crippen LogP contribution in [0.25, 0.3) is 22.4 Å². The molecule has 134 valence electrons. The van der Waals surface area contributed by atoms with Crippen molar-refractivity contribution >= 4 is 22.6 Å². The van der Waals surface area contributed by atoms with Crippen molar-refractivity contribution in [1.82, 2.24) is 9.55 Å². The quantitative estimate of drug-likeness (QED) is 0.755. The standard InChI is InChI=1S/C21H24N4O/c1-25-19-11-3-2-10-18(19)24-21(25)15-7-4-8-16(12-15)23-20(26)13-14-6-5-9-17(14)22/h2-4,7-8,10-12,14,17H,5-6,9,13,22H2,1H3,(H,23,26)/t14-,17+/m0/s1. The average Bonchev–Trinajstić information content (AvgIpc) is 3.19. The Labute approximate surface area is 153 Å². The van der Waals surface area contributed by atoms with Gasteiger partial charge in [0.2, 0.25) is 5.91 Å². The molecule has 4 rings (SSSR count). The minimum Gasteiger partial charge on any atom is -0.327 e. The van der Waals surface area contributed by atoms with Crippen LogP contribution >= 0.6 is 0 Å². The van der Waals surface area contributed by atoms with E-state index in [1.807, 2.05) is 49.5 Å². The number of aryl methyl sites for hydroxylation is 1. The van der Waals surface area contributed by atoms with Crippen molar-refractivity contribution in [2.45, 2.75) is 31.7 Å². The lowest BCUT2D eigenvalue weighted by Gasteiger charge is -2.15. The maximum atomic E-state index is 12.4. The number of imidazole rings is 1. The lowest BCUT2D eigenvalue weighted by molar-refractivity contribution is -0.117. The fourth-order valence-corrected chi connectivity index (χ4v) is 3.91. The number of rotatable bonds is 4. The summed E-state index contributed by atoms with van der Waals surface area (Å²) in [6.45, 7) is 0. The lowest BCUT2D eigenvalue weighted by atomic mass is 10.00. The molecule has 0 saturated heterocycles. The number of amides is 1. The van der Waals surface area contributed by atoms with Crippen molar-refractivity contribution in [1.29, 1.82) is 0 Å². The van der Waals surface area contributed by atoms with Gasteiger partial charge in [0.15, 0.2) is 0 Å². The van der Waals surface area contributed by atoms with E-state index < -0.39 is 0 Å². The summed E-state index contributed by atoms with van der Waals surface area (Å²) in [5.74, 6) is 1.23. The number of carbonyl (C=O) groups is 1. The molecule has 1 aromatic heterocycles. The molecule has 1 amide bonds. The van der Waals surface area contributed by atoms with E-state index in [1.54, 1.807) is 0 Å². The Kier molecular flexibility index (Phi) is 4.47. The van der Waals surface area contributed by atoms with Crippen molar-refractivity contribution in [3.8, 4) is 11.4 Å². The van der Waals surface area contributed by atoms with Gasteiger partial charge in [-0.3, -0.25) is 4.79 Å². The maximum absolute atomic E-state index is 12.4. The third kappa shape index (κ3) is 3.22. The zero-order valence-electron chi connectivity index (χ0n) is 15.0. The average molecular weight is 348 g/mol. The molecule has 2 atom stereocenters. The number of aromatic nitrogens is 2. The molecule has 1 aliphatic rings. The number of nitrogens with zero attached hydrogens (tertiary/aromatic N) is 2. The van der Waals surface area contributed by atoms with E-state index in [4.69, 9.17) is 10.7 Å². The second-order valence-corrected chi connectivity index (χ2v) is 7.17. The molecular formula is C21H24N4O. The van der Waals surface area contributed by atoms with Crippen LogP contribution in [-0.4, -0.2) is 21.5 Å². The van der Waals surface area contributed by atoms with Crippen molar-refractivity contribution in [3.63, 3.8) is 0 Å². The number of nitrogens with two attached hydrogens (primary N) is 1. The van der Waals surface area contributed by atoms with Crippen molar-refractivity contribution < 1.29 is 4.79 Å². The summed E-state index contributed by atoms with van der Waals surface area (Å²) in [5, 5.41) is 3.02. The summed E-state index contributed by atoms with van der Waals surface area (Å²) in [7, 11) is 2.01. The van der Waals surface area contributed by atoms with Crippen LogP contribution in [0.5, 0.6) is 0 Å². The summed E-state index contributed by atoms with van der Waals surface area (Å²) >= 11 is 0. The topological polar surface area (TPSA) is 72.9 Å². The number of anilines is 1. The molecular weight excluding hydrogens is 324 g/mol. The second kappa shape index (κ2) is 6.92. The Morgan fingerprint density at radius 1 is 1.23 bits per heavy atom. The van der Waals surface area contributed by atoms with Gasteiger partial charge in [0, 0.05) is 30.8 Å². The van der Waals surface area contributed by atoms with Crippen LogP contribution in [0.2, 0.25) is 0 Å². The first-order chi connectivity index (χ1) is 12.6. The van der Waals surface area contributed by atoms with Crippen LogP contribution in [0, 0.1) is 5.92 Å². The number of para-hydroxylation sites is 2. The first kappa shape index (κ1) is 16.8. The molecule has 5 nitrogen and oxygen atoms in total. The highest BCUT2D eigenvalue weighted by molar-refractivity contribution is 5.91. The van der Waals surface area contributed by atoms with Gasteiger partial charge in [-0.1, -0.05) is 30.7 Å². The lowest BCUT2D eigenvalue weighted by Crippen LogP contribution is -2.28. The van der Waals surface area contributed by atoms with Crippen LogP contribution in [0.15, 0.2) is 48.5 Å². The minimum atomic E-state index is 0.0366. The molecule has 0 radical (unpaired) electrons. The van der Waals surface area contributed by atoms with E-state index in [0.717, 1.165) is 47.4 Å². The summed E-state index contributed by atoms with van der Waals surface area (Å²) in [6.07, 6.45) is 3.70. The molecule has 1 fully saturated rings. The third-order valence-electron chi connectivity index (χ3n) is 5.36. The van der Waals surface area contributed by atoms with Gasteiger partial charge in [-0.25, -0.2) is 4.98 Å². The van der Waals surface area contributed by atoms with Gasteiger partial charge >= 0.3 is 0 Å². The van der Waals surface area contributed by atoms with Crippen molar-refractivity contribution in [2.24, 2.45) is 18.7 Å². The second-order valence-electron chi connectivity index (χ2n) is 7.17. The Morgan fingerprint density at radius 2 is 2.08 bits per heavy atom. The number of hydrogen-bond donors (Lipinski definition) is 2. The van der Waals surface area contributed by atoms with Crippen LogP contribution in [0.3, 0.4) is 0 Å². The van der Waals surface area contributed by atoms with E-state index in [0.29, 0.717) is 12.3 Å². The Balaban J connectivity index is 1.54. The Bertz CT molecular complexity index is 946. The number of carbonyl (C=O) groups excluding carboxylic acids is 1. The van der Waals surface area contributed by atoms with Crippen molar-refractivity contribution in [3.05, 3.63) is 48.5 Å². The molecule has 3 N–H and O–H groups in total. The predicted molar refractivity (Wildman–Crippen MR) is 105 cm³/mol. The van der Waals surface area contributed by atoms with Gasteiger partial charge in [-0.2, -0.15) is 0 Å². The number of fused-ring (bicyclic) bond motifs is 1. The summed E-state index contributed by atoms with van der Waals surface area (Å²) in [5.41, 5.74) is 9.92. The van der Waals surface area contributed by atoms with Gasteiger partial charge in [-0.05, 0) is 43.0 Å². The largest absolute Gasteiger partial charge is 0.327 e. The van der Waals surface area contributed by atoms with Gasteiger partial charge in [-0.15, -0.1) is 0 Å². The molecule has 1 aliphatic carbocycles. The molecule has 0 spiro atoms. The van der Waals surface area contributed by atoms with E-state index in [9.17, 15) is 4.79 Å². The Morgan fingerprint density at radius 3 is 2.85 bits per heavy atom. The van der Waals surface area contributed by atoms with Crippen LogP contribution in [-0.2, 0) is 11.8 Å². The van der Waals surface area contributed by atoms with Gasteiger partial charge in [0.05, 0.1) is 11.0 Å². The molecule has 26 heavy (non-hydrogen) atoms. The van der Waals surface area contributed by atoms with E-state index >= 15 is 0 Å². The first-order valence-electron chi connectivity index (χ1n) is 9.19. The molecule has 1 saturated carbocycles. The number of hydrogen-bond acceptors (Lipinski definition) is 3. The Hall–Kier alpha value is -2.66. The van der Waals surface area contributed by atoms with E-state index in [2.05, 4.69) is 16.0 Å². The smallest absolute Gasteiger partial charge is 0.224 e. The normalized spacial score (nSPS) is 19.8. The first-order valence-corrected chi connectivity index (χ1v) is 9.19. The number of benzene rings is 2. The zero-order chi connectivity index (χ0) is 18.1. The van der Waals surface area contributed by atoms with Gasteiger partial charge in [0.1, 0.15) is 5.82 Å². The summed E-state index contributed by atoms with van der Waals surface area (Å²) in [6, 6.07) is 16.1. The monoisotopic (exact) mass is 348 g/mol. The maximum Gasteiger partial charge on any atom is 0.224 e. The van der Waals surface area contributed by atoms with Crippen molar-refractivity contribution in [2.75, 3.05) is 5.32 Å².